The van der Waals surface area contributed by atoms with Crippen molar-refractivity contribution in [2.75, 3.05) is 6.61 Å². The lowest BCUT2D eigenvalue weighted by molar-refractivity contribution is -0.0203. The molecule has 0 saturated heterocycles. The Morgan fingerprint density at radius 2 is 1.66 bits per heavy atom. The number of halogens is 2. The molecular formula is C24H28F2O3. The van der Waals surface area contributed by atoms with Crippen LogP contribution in [0.5, 0.6) is 0 Å². The van der Waals surface area contributed by atoms with Crippen molar-refractivity contribution >= 4 is 5.97 Å². The molecule has 0 heterocycles. The van der Waals surface area contributed by atoms with Crippen molar-refractivity contribution in [1.82, 2.24) is 0 Å². The van der Waals surface area contributed by atoms with E-state index >= 15 is 0 Å². The quantitative estimate of drug-likeness (QED) is 0.384. The summed E-state index contributed by atoms with van der Waals surface area (Å²) in [5.41, 5.74) is 1.30. The topological polar surface area (TPSA) is 35.5 Å². The summed E-state index contributed by atoms with van der Waals surface area (Å²) in [6.45, 7) is 2.98. The lowest BCUT2D eigenvalue weighted by atomic mass is 9.95. The van der Waals surface area contributed by atoms with Crippen LogP contribution in [0.25, 0.3) is 11.1 Å². The van der Waals surface area contributed by atoms with Gasteiger partial charge >= 0.3 is 5.97 Å². The van der Waals surface area contributed by atoms with Gasteiger partial charge in [0, 0.05) is 18.2 Å². The van der Waals surface area contributed by atoms with Gasteiger partial charge in [-0.2, -0.15) is 0 Å². The van der Waals surface area contributed by atoms with Gasteiger partial charge in [-0.1, -0.05) is 31.9 Å². The Morgan fingerprint density at radius 1 is 0.966 bits per heavy atom. The average Bonchev–Trinajstić information content (AvgIpc) is 2.72. The molecule has 0 atom stereocenters. The molecule has 1 saturated carbocycles. The summed E-state index contributed by atoms with van der Waals surface area (Å²) >= 11 is 0. The van der Waals surface area contributed by atoms with Crippen LogP contribution in [0.1, 0.15) is 62.2 Å². The monoisotopic (exact) mass is 402 g/mol. The number of esters is 1. The molecule has 2 aromatic rings. The molecule has 0 amide bonds. The summed E-state index contributed by atoms with van der Waals surface area (Å²) in [6.07, 6.45) is 7.10. The first-order valence-electron chi connectivity index (χ1n) is 10.4. The first-order chi connectivity index (χ1) is 14.1. The molecular weight excluding hydrogens is 374 g/mol. The van der Waals surface area contributed by atoms with Gasteiger partial charge in [0.1, 0.15) is 17.7 Å². The van der Waals surface area contributed by atoms with Crippen molar-refractivity contribution in [3.63, 3.8) is 0 Å². The highest BCUT2D eigenvalue weighted by Gasteiger charge is 2.24. The lowest BCUT2D eigenvalue weighted by Gasteiger charge is -2.28. The maximum absolute atomic E-state index is 13.9. The minimum atomic E-state index is -0.631. The maximum atomic E-state index is 13.9. The fraction of sp³-hybridized carbons (Fsp3) is 0.458. The second-order valence-electron chi connectivity index (χ2n) is 7.58. The summed E-state index contributed by atoms with van der Waals surface area (Å²) in [5.74, 6) is -1.62. The zero-order valence-electron chi connectivity index (χ0n) is 16.8. The van der Waals surface area contributed by atoms with Crippen molar-refractivity contribution in [1.29, 1.82) is 0 Å². The molecule has 5 heteroatoms. The van der Waals surface area contributed by atoms with Gasteiger partial charge in [-0.25, -0.2) is 13.6 Å². The Kier molecular flexibility index (Phi) is 7.76. The Hall–Kier alpha value is -2.27. The minimum absolute atomic E-state index is 0.0905. The summed E-state index contributed by atoms with van der Waals surface area (Å²) < 4.78 is 38.5. The molecule has 3 rings (SSSR count). The number of hydrogen-bond acceptors (Lipinski definition) is 3. The highest BCUT2D eigenvalue weighted by molar-refractivity contribution is 5.90. The third kappa shape index (κ3) is 6.10. The zero-order valence-corrected chi connectivity index (χ0v) is 16.8. The number of ether oxygens (including phenoxy) is 2. The molecule has 0 aliphatic heterocycles. The SMILES string of the molecule is CCCCCO[C@H]1CC[C@H](OC(=O)c2ccc(-c3ccc(F)cc3F)cc2)CC1. The van der Waals surface area contributed by atoms with Crippen molar-refractivity contribution < 1.29 is 23.0 Å². The normalized spacial score (nSPS) is 19.1. The van der Waals surface area contributed by atoms with E-state index in [1.54, 1.807) is 24.3 Å². The van der Waals surface area contributed by atoms with Crippen LogP contribution in [0.3, 0.4) is 0 Å². The molecule has 0 unspecified atom stereocenters. The Morgan fingerprint density at radius 3 is 2.31 bits per heavy atom. The molecule has 0 N–H and O–H groups in total. The van der Waals surface area contributed by atoms with E-state index in [1.165, 1.54) is 25.0 Å². The van der Waals surface area contributed by atoms with E-state index in [0.29, 0.717) is 16.7 Å². The van der Waals surface area contributed by atoms with Crippen LogP contribution in [0, 0.1) is 11.6 Å². The van der Waals surface area contributed by atoms with Crippen LogP contribution in [0.15, 0.2) is 42.5 Å². The molecule has 29 heavy (non-hydrogen) atoms. The van der Waals surface area contributed by atoms with E-state index in [2.05, 4.69) is 6.92 Å². The molecule has 0 radical (unpaired) electrons. The van der Waals surface area contributed by atoms with E-state index < -0.39 is 11.6 Å². The maximum Gasteiger partial charge on any atom is 0.338 e. The van der Waals surface area contributed by atoms with Crippen LogP contribution in [-0.4, -0.2) is 24.8 Å². The Bertz CT molecular complexity index is 796. The zero-order chi connectivity index (χ0) is 20.6. The molecule has 0 bridgehead atoms. The first-order valence-corrected chi connectivity index (χ1v) is 10.4. The van der Waals surface area contributed by atoms with Crippen LogP contribution in [-0.2, 0) is 9.47 Å². The molecule has 3 nitrogen and oxygen atoms in total. The van der Waals surface area contributed by atoms with Gasteiger partial charge in [0.2, 0.25) is 0 Å². The number of rotatable bonds is 8. The number of unbranched alkanes of at least 4 members (excludes halogenated alkanes) is 2. The standard InChI is InChI=1S/C24H28F2O3/c1-2-3-4-15-28-20-10-12-21(13-11-20)29-24(27)18-7-5-17(6-8-18)22-14-9-19(25)16-23(22)26/h5-9,14,16,20-21H,2-4,10-13,15H2,1H3/t20-,21-. The Labute approximate surface area is 171 Å². The first kappa shape index (κ1) is 21.4. The Balaban J connectivity index is 1.49. The third-order valence-electron chi connectivity index (χ3n) is 5.36. The van der Waals surface area contributed by atoms with Gasteiger partial charge in [-0.3, -0.25) is 0 Å². The molecule has 0 spiro atoms. The largest absolute Gasteiger partial charge is 0.459 e. The van der Waals surface area contributed by atoms with Crippen LogP contribution in [0.4, 0.5) is 8.78 Å². The summed E-state index contributed by atoms with van der Waals surface area (Å²) in [6, 6.07) is 9.97. The molecule has 0 aromatic heterocycles. The van der Waals surface area contributed by atoms with Crippen LogP contribution >= 0.6 is 0 Å². The summed E-state index contributed by atoms with van der Waals surface area (Å²) in [4.78, 5) is 12.4. The number of hydrogen-bond donors (Lipinski definition) is 0. The van der Waals surface area contributed by atoms with E-state index in [9.17, 15) is 13.6 Å². The number of benzene rings is 2. The van der Waals surface area contributed by atoms with Crippen molar-refractivity contribution in [3.05, 3.63) is 59.7 Å². The van der Waals surface area contributed by atoms with Crippen molar-refractivity contribution in [2.24, 2.45) is 0 Å². The number of carbonyl (C=O) groups excluding carboxylic acids is 1. The van der Waals surface area contributed by atoms with E-state index in [4.69, 9.17) is 9.47 Å². The van der Waals surface area contributed by atoms with E-state index in [-0.39, 0.29) is 18.2 Å². The van der Waals surface area contributed by atoms with E-state index in [0.717, 1.165) is 44.8 Å². The molecule has 1 fully saturated rings. The smallest absolute Gasteiger partial charge is 0.338 e. The predicted molar refractivity (Wildman–Crippen MR) is 109 cm³/mol. The minimum Gasteiger partial charge on any atom is -0.459 e. The fourth-order valence-corrected chi connectivity index (χ4v) is 3.65. The number of carbonyl (C=O) groups is 1. The highest BCUT2D eigenvalue weighted by Crippen LogP contribution is 2.26. The van der Waals surface area contributed by atoms with Crippen LogP contribution in [0.2, 0.25) is 0 Å². The van der Waals surface area contributed by atoms with E-state index in [1.807, 2.05) is 0 Å². The molecule has 1 aliphatic rings. The van der Waals surface area contributed by atoms with Gasteiger partial charge in [0.05, 0.1) is 11.7 Å². The summed E-state index contributed by atoms with van der Waals surface area (Å²) in [7, 11) is 0. The van der Waals surface area contributed by atoms with Gasteiger partial charge < -0.3 is 9.47 Å². The van der Waals surface area contributed by atoms with Crippen LogP contribution < -0.4 is 0 Å². The van der Waals surface area contributed by atoms with Gasteiger partial charge in [0.25, 0.3) is 0 Å². The second kappa shape index (κ2) is 10.5. The van der Waals surface area contributed by atoms with Gasteiger partial charge in [0.15, 0.2) is 0 Å². The molecule has 156 valence electrons. The van der Waals surface area contributed by atoms with Gasteiger partial charge in [-0.05, 0) is 61.9 Å². The second-order valence-corrected chi connectivity index (χ2v) is 7.58. The molecule has 2 aromatic carbocycles. The average molecular weight is 402 g/mol. The van der Waals surface area contributed by atoms with Crippen molar-refractivity contribution in [3.8, 4) is 11.1 Å². The highest BCUT2D eigenvalue weighted by atomic mass is 19.1. The van der Waals surface area contributed by atoms with Crippen molar-refractivity contribution in [2.45, 2.75) is 64.1 Å². The predicted octanol–water partition coefficient (Wildman–Crippen LogP) is 6.31. The molecule has 1 aliphatic carbocycles. The summed E-state index contributed by atoms with van der Waals surface area (Å²) in [5, 5.41) is 0. The fourth-order valence-electron chi connectivity index (χ4n) is 3.65. The van der Waals surface area contributed by atoms with Gasteiger partial charge in [-0.15, -0.1) is 0 Å². The third-order valence-corrected chi connectivity index (χ3v) is 5.36. The lowest BCUT2D eigenvalue weighted by Crippen LogP contribution is -2.28.